The van der Waals surface area contributed by atoms with Crippen molar-refractivity contribution in [1.29, 1.82) is 0 Å². The van der Waals surface area contributed by atoms with Crippen LogP contribution in [-0.4, -0.2) is 19.5 Å². The van der Waals surface area contributed by atoms with Gasteiger partial charge in [-0.2, -0.15) is 0 Å². The van der Waals surface area contributed by atoms with Crippen LogP contribution in [0.2, 0.25) is 5.02 Å². The number of sulfonamides is 1. The van der Waals surface area contributed by atoms with Gasteiger partial charge in [-0.3, -0.25) is 4.72 Å². The Morgan fingerprint density at radius 3 is 2.70 bits per heavy atom. The van der Waals surface area contributed by atoms with Crippen LogP contribution >= 0.6 is 22.9 Å². The Balaban J connectivity index is 2.44. The van der Waals surface area contributed by atoms with Crippen molar-refractivity contribution in [2.75, 3.05) is 4.72 Å². The van der Waals surface area contributed by atoms with E-state index in [1.165, 1.54) is 17.5 Å². The van der Waals surface area contributed by atoms with E-state index in [9.17, 15) is 13.2 Å². The summed E-state index contributed by atoms with van der Waals surface area (Å²) in [4.78, 5) is 10.5. The maximum Gasteiger partial charge on any atom is 0.347 e. The molecule has 0 amide bonds. The molecule has 0 aliphatic heterocycles. The highest BCUT2D eigenvalue weighted by atomic mass is 35.5. The molecule has 106 valence electrons. The molecule has 0 fully saturated rings. The smallest absolute Gasteiger partial charge is 0.347 e. The van der Waals surface area contributed by atoms with Gasteiger partial charge in [-0.25, -0.2) is 13.2 Å². The SMILES string of the molecule is Cc1ccc(Cl)cc1NS(=O)(=O)c1ccsc1C(=O)O. The van der Waals surface area contributed by atoms with Gasteiger partial charge in [0.25, 0.3) is 10.0 Å². The van der Waals surface area contributed by atoms with E-state index in [4.69, 9.17) is 16.7 Å². The number of benzene rings is 1. The Morgan fingerprint density at radius 1 is 1.35 bits per heavy atom. The zero-order valence-corrected chi connectivity index (χ0v) is 12.6. The third-order valence-electron chi connectivity index (χ3n) is 2.56. The Kier molecular flexibility index (Phi) is 4.03. The fourth-order valence-electron chi connectivity index (χ4n) is 1.57. The average Bonchev–Trinajstić information content (AvgIpc) is 2.83. The summed E-state index contributed by atoms with van der Waals surface area (Å²) in [6.45, 7) is 1.72. The maximum absolute atomic E-state index is 12.2. The zero-order chi connectivity index (χ0) is 14.9. The fourth-order valence-corrected chi connectivity index (χ4v) is 4.12. The van der Waals surface area contributed by atoms with Gasteiger partial charge in [-0.15, -0.1) is 11.3 Å². The molecular weight excluding hydrogens is 322 g/mol. The van der Waals surface area contributed by atoms with Crippen molar-refractivity contribution in [2.24, 2.45) is 0 Å². The minimum absolute atomic E-state index is 0.225. The van der Waals surface area contributed by atoms with E-state index < -0.39 is 16.0 Å². The normalized spacial score (nSPS) is 11.3. The molecule has 0 saturated heterocycles. The summed E-state index contributed by atoms with van der Waals surface area (Å²) in [5.74, 6) is -1.27. The predicted molar refractivity (Wildman–Crippen MR) is 78.3 cm³/mol. The summed E-state index contributed by atoms with van der Waals surface area (Å²) < 4.78 is 26.8. The number of carboxylic acid groups (broad SMARTS) is 1. The number of anilines is 1. The van der Waals surface area contributed by atoms with E-state index in [2.05, 4.69) is 4.72 Å². The Bertz CT molecular complexity index is 768. The molecule has 0 aliphatic rings. The largest absolute Gasteiger partial charge is 0.477 e. The molecule has 8 heteroatoms. The lowest BCUT2D eigenvalue weighted by Crippen LogP contribution is -2.15. The van der Waals surface area contributed by atoms with E-state index in [1.54, 1.807) is 19.1 Å². The molecule has 1 aromatic carbocycles. The number of nitrogens with one attached hydrogen (secondary N) is 1. The fraction of sp³-hybridized carbons (Fsp3) is 0.0833. The van der Waals surface area contributed by atoms with Crippen molar-refractivity contribution in [3.63, 3.8) is 0 Å². The van der Waals surface area contributed by atoms with Crippen LogP contribution in [0.25, 0.3) is 0 Å². The zero-order valence-electron chi connectivity index (χ0n) is 10.3. The molecule has 0 radical (unpaired) electrons. The quantitative estimate of drug-likeness (QED) is 0.901. The third kappa shape index (κ3) is 2.95. The van der Waals surface area contributed by atoms with E-state index in [0.29, 0.717) is 16.3 Å². The molecule has 2 N–H and O–H groups in total. The van der Waals surface area contributed by atoms with Crippen molar-refractivity contribution in [2.45, 2.75) is 11.8 Å². The van der Waals surface area contributed by atoms with E-state index in [1.807, 2.05) is 0 Å². The molecule has 1 heterocycles. The van der Waals surface area contributed by atoms with E-state index in [-0.39, 0.29) is 9.77 Å². The van der Waals surface area contributed by atoms with E-state index in [0.717, 1.165) is 11.3 Å². The molecule has 0 saturated carbocycles. The number of carbonyl (C=O) groups is 1. The van der Waals surface area contributed by atoms with Gasteiger partial charge < -0.3 is 5.11 Å². The van der Waals surface area contributed by atoms with Crippen LogP contribution in [0.5, 0.6) is 0 Å². The number of hydrogen-bond donors (Lipinski definition) is 2. The summed E-state index contributed by atoms with van der Waals surface area (Å²) in [7, 11) is -3.96. The number of aryl methyl sites for hydroxylation is 1. The molecule has 0 atom stereocenters. The van der Waals surface area contributed by atoms with Crippen LogP contribution in [0.15, 0.2) is 34.5 Å². The molecule has 2 aromatic rings. The van der Waals surface area contributed by atoms with E-state index >= 15 is 0 Å². The number of aromatic carboxylic acids is 1. The van der Waals surface area contributed by atoms with Crippen molar-refractivity contribution in [1.82, 2.24) is 0 Å². The van der Waals surface area contributed by atoms with Gasteiger partial charge >= 0.3 is 5.97 Å². The minimum Gasteiger partial charge on any atom is -0.477 e. The van der Waals surface area contributed by atoms with Crippen LogP contribution < -0.4 is 4.72 Å². The molecule has 5 nitrogen and oxygen atoms in total. The number of carboxylic acids is 1. The number of thiophene rings is 1. The summed E-state index contributed by atoms with van der Waals surface area (Å²) in [5.41, 5.74) is 1.00. The van der Waals surface area contributed by atoms with Gasteiger partial charge in [0.2, 0.25) is 0 Å². The molecule has 0 unspecified atom stereocenters. The van der Waals surface area contributed by atoms with Crippen LogP contribution in [0.3, 0.4) is 0 Å². The Labute approximate surface area is 124 Å². The van der Waals surface area contributed by atoms with Crippen LogP contribution in [-0.2, 0) is 10.0 Å². The molecule has 1 aromatic heterocycles. The Morgan fingerprint density at radius 2 is 2.05 bits per heavy atom. The van der Waals surface area contributed by atoms with Crippen molar-refractivity contribution >= 4 is 44.6 Å². The standard InChI is InChI=1S/C12H10ClNO4S2/c1-7-2-3-8(13)6-9(7)14-20(17,18)10-4-5-19-11(10)12(15)16/h2-6,14H,1H3,(H,15,16). The number of hydrogen-bond acceptors (Lipinski definition) is 4. The van der Waals surface area contributed by atoms with Gasteiger partial charge in [0.1, 0.15) is 9.77 Å². The first-order valence-corrected chi connectivity index (χ1v) is 8.15. The third-order valence-corrected chi connectivity index (χ3v) is 5.23. The average molecular weight is 332 g/mol. The monoisotopic (exact) mass is 331 g/mol. The summed E-state index contributed by atoms with van der Waals surface area (Å²) >= 11 is 6.68. The maximum atomic E-state index is 12.2. The number of rotatable bonds is 4. The topological polar surface area (TPSA) is 83.5 Å². The van der Waals surface area contributed by atoms with Gasteiger partial charge in [-0.05, 0) is 36.1 Å². The summed E-state index contributed by atoms with van der Waals surface area (Å²) in [5, 5.41) is 10.8. The molecule has 0 aliphatic carbocycles. The van der Waals surface area contributed by atoms with Gasteiger partial charge in [0.15, 0.2) is 0 Å². The molecular formula is C12H10ClNO4S2. The van der Waals surface area contributed by atoms with Gasteiger partial charge in [0, 0.05) is 5.02 Å². The highest BCUT2D eigenvalue weighted by Gasteiger charge is 2.24. The first-order chi connectivity index (χ1) is 9.31. The van der Waals surface area contributed by atoms with Crippen molar-refractivity contribution < 1.29 is 18.3 Å². The lowest BCUT2D eigenvalue weighted by atomic mass is 10.2. The van der Waals surface area contributed by atoms with Crippen LogP contribution in [0, 0.1) is 6.92 Å². The lowest BCUT2D eigenvalue weighted by Gasteiger charge is -2.10. The molecule has 0 spiro atoms. The van der Waals surface area contributed by atoms with Crippen molar-refractivity contribution in [3.8, 4) is 0 Å². The second kappa shape index (κ2) is 5.43. The van der Waals surface area contributed by atoms with Gasteiger partial charge in [-0.1, -0.05) is 17.7 Å². The van der Waals surface area contributed by atoms with Gasteiger partial charge in [0.05, 0.1) is 5.69 Å². The first-order valence-electron chi connectivity index (χ1n) is 5.41. The minimum atomic E-state index is -3.96. The lowest BCUT2D eigenvalue weighted by molar-refractivity contribution is 0.0698. The Hall–Kier alpha value is -1.57. The second-order valence-corrected chi connectivity index (χ2v) is 6.99. The highest BCUT2D eigenvalue weighted by Crippen LogP contribution is 2.27. The van der Waals surface area contributed by atoms with Crippen LogP contribution in [0.1, 0.15) is 15.2 Å². The first kappa shape index (κ1) is 14.8. The summed E-state index contributed by atoms with van der Waals surface area (Å²) in [6.07, 6.45) is 0. The molecule has 20 heavy (non-hydrogen) atoms. The highest BCUT2D eigenvalue weighted by molar-refractivity contribution is 7.93. The molecule has 2 rings (SSSR count). The predicted octanol–water partition coefficient (Wildman–Crippen LogP) is 3.21. The second-order valence-electron chi connectivity index (χ2n) is 3.98. The molecule has 0 bridgehead atoms. The van der Waals surface area contributed by atoms with Crippen LogP contribution in [0.4, 0.5) is 5.69 Å². The summed E-state index contributed by atoms with van der Waals surface area (Å²) in [6, 6.07) is 6.05. The number of halogens is 1. The van der Waals surface area contributed by atoms with Crippen molar-refractivity contribution in [3.05, 3.63) is 45.1 Å².